The second-order valence-corrected chi connectivity index (χ2v) is 9.12. The maximum absolute atomic E-state index is 12.4. The molecule has 0 bridgehead atoms. The van der Waals surface area contributed by atoms with Gasteiger partial charge in [-0.15, -0.1) is 0 Å². The van der Waals surface area contributed by atoms with Crippen molar-refractivity contribution >= 4 is 42.6 Å². The minimum Gasteiger partial charge on any atom is -0.298 e. The summed E-state index contributed by atoms with van der Waals surface area (Å²) in [6, 6.07) is 11.9. The van der Waals surface area contributed by atoms with E-state index in [1.165, 1.54) is 55.3 Å². The summed E-state index contributed by atoms with van der Waals surface area (Å²) in [4.78, 5) is 17.0. The van der Waals surface area contributed by atoms with Crippen molar-refractivity contribution in [1.29, 1.82) is 0 Å². The fraction of sp³-hybridized carbons (Fsp3) is 0.222. The van der Waals surface area contributed by atoms with Crippen molar-refractivity contribution in [1.82, 2.24) is 9.29 Å². The van der Waals surface area contributed by atoms with Crippen LogP contribution in [-0.2, 0) is 16.4 Å². The molecule has 3 rings (SSSR count). The molecule has 1 amide bonds. The number of amides is 1. The Morgan fingerprint density at radius 2 is 1.85 bits per heavy atom. The van der Waals surface area contributed by atoms with Crippen LogP contribution >= 0.6 is 11.3 Å². The smallest absolute Gasteiger partial charge is 0.257 e. The maximum atomic E-state index is 12.4. The standard InChI is InChI=1S/C18H19N3O3S2/c1-4-12-5-10-15-16(11-12)25-18(19-15)20-17(22)13-6-8-14(9-7-13)26(23,24)21(2)3/h5-11H,4H2,1-3H3,(H,19,20,22). The zero-order valence-electron chi connectivity index (χ0n) is 14.7. The molecule has 0 atom stereocenters. The van der Waals surface area contributed by atoms with E-state index < -0.39 is 10.0 Å². The molecule has 0 saturated carbocycles. The lowest BCUT2D eigenvalue weighted by molar-refractivity contribution is 0.102. The van der Waals surface area contributed by atoms with Crippen molar-refractivity contribution in [2.75, 3.05) is 19.4 Å². The molecule has 1 heterocycles. The van der Waals surface area contributed by atoms with Crippen molar-refractivity contribution in [2.24, 2.45) is 0 Å². The molecule has 26 heavy (non-hydrogen) atoms. The van der Waals surface area contributed by atoms with Crippen LogP contribution in [0.3, 0.4) is 0 Å². The number of nitrogens with zero attached hydrogens (tertiary/aromatic N) is 2. The number of aryl methyl sites for hydroxylation is 1. The van der Waals surface area contributed by atoms with E-state index in [2.05, 4.69) is 23.3 Å². The highest BCUT2D eigenvalue weighted by Gasteiger charge is 2.18. The quantitative estimate of drug-likeness (QED) is 0.726. The van der Waals surface area contributed by atoms with Crippen LogP contribution < -0.4 is 5.32 Å². The predicted molar refractivity (Wildman–Crippen MR) is 104 cm³/mol. The van der Waals surface area contributed by atoms with Gasteiger partial charge in [-0.2, -0.15) is 0 Å². The van der Waals surface area contributed by atoms with Crippen LogP contribution in [0.2, 0.25) is 0 Å². The number of hydrogen-bond acceptors (Lipinski definition) is 5. The highest BCUT2D eigenvalue weighted by atomic mass is 32.2. The van der Waals surface area contributed by atoms with Crippen LogP contribution in [0.4, 0.5) is 5.13 Å². The molecule has 0 spiro atoms. The van der Waals surface area contributed by atoms with E-state index in [1.807, 2.05) is 12.1 Å². The normalized spacial score (nSPS) is 11.8. The molecule has 6 nitrogen and oxygen atoms in total. The lowest BCUT2D eigenvalue weighted by Crippen LogP contribution is -2.22. The SMILES string of the molecule is CCc1ccc2nc(NC(=O)c3ccc(S(=O)(=O)N(C)C)cc3)sc2c1. The van der Waals surface area contributed by atoms with Gasteiger partial charge in [-0.05, 0) is 48.4 Å². The van der Waals surface area contributed by atoms with Crippen LogP contribution in [0.25, 0.3) is 10.2 Å². The predicted octanol–water partition coefficient (Wildman–Crippen LogP) is 3.36. The number of aromatic nitrogens is 1. The number of benzene rings is 2. The molecule has 0 aliphatic heterocycles. The Balaban J connectivity index is 1.80. The summed E-state index contributed by atoms with van der Waals surface area (Å²) in [5.74, 6) is -0.325. The Labute approximate surface area is 156 Å². The monoisotopic (exact) mass is 389 g/mol. The molecule has 0 fully saturated rings. The number of sulfonamides is 1. The van der Waals surface area contributed by atoms with Crippen molar-refractivity contribution in [3.8, 4) is 0 Å². The summed E-state index contributed by atoms with van der Waals surface area (Å²) < 4.78 is 26.3. The summed E-state index contributed by atoms with van der Waals surface area (Å²) in [6.45, 7) is 2.09. The largest absolute Gasteiger partial charge is 0.298 e. The Hall–Kier alpha value is -2.29. The second kappa shape index (κ2) is 7.14. The highest BCUT2D eigenvalue weighted by molar-refractivity contribution is 7.89. The Morgan fingerprint density at radius 1 is 1.15 bits per heavy atom. The van der Waals surface area contributed by atoms with E-state index >= 15 is 0 Å². The van der Waals surface area contributed by atoms with Crippen molar-refractivity contribution in [3.63, 3.8) is 0 Å². The number of anilines is 1. The number of carbonyl (C=O) groups is 1. The first kappa shape index (κ1) is 18.5. The zero-order chi connectivity index (χ0) is 18.9. The molecule has 3 aromatic rings. The molecular weight excluding hydrogens is 370 g/mol. The van der Waals surface area contributed by atoms with Gasteiger partial charge < -0.3 is 0 Å². The molecule has 0 radical (unpaired) electrons. The van der Waals surface area contributed by atoms with Gasteiger partial charge in [0.1, 0.15) is 0 Å². The minimum atomic E-state index is -3.51. The van der Waals surface area contributed by atoms with Crippen LogP contribution in [0.5, 0.6) is 0 Å². The molecule has 0 unspecified atom stereocenters. The third-order valence-corrected chi connectivity index (χ3v) is 6.74. The molecule has 0 aliphatic rings. The van der Waals surface area contributed by atoms with Crippen molar-refractivity contribution in [3.05, 3.63) is 53.6 Å². The number of thiazole rings is 1. The van der Waals surface area contributed by atoms with Crippen molar-refractivity contribution in [2.45, 2.75) is 18.2 Å². The molecule has 136 valence electrons. The molecule has 8 heteroatoms. The molecule has 2 aromatic carbocycles. The van der Waals surface area contributed by atoms with Gasteiger partial charge in [0.25, 0.3) is 5.91 Å². The number of fused-ring (bicyclic) bond motifs is 1. The fourth-order valence-electron chi connectivity index (χ4n) is 2.40. The zero-order valence-corrected chi connectivity index (χ0v) is 16.3. The molecule has 1 N–H and O–H groups in total. The molecular formula is C18H19N3O3S2. The van der Waals surface area contributed by atoms with Gasteiger partial charge in [-0.1, -0.05) is 24.3 Å². The van der Waals surface area contributed by atoms with Gasteiger partial charge in [0.2, 0.25) is 10.0 Å². The van der Waals surface area contributed by atoms with Crippen LogP contribution in [0.15, 0.2) is 47.4 Å². The number of carbonyl (C=O) groups excluding carboxylic acids is 1. The van der Waals surface area contributed by atoms with Gasteiger partial charge >= 0.3 is 0 Å². The van der Waals surface area contributed by atoms with Gasteiger partial charge in [-0.25, -0.2) is 17.7 Å². The lowest BCUT2D eigenvalue weighted by atomic mass is 10.2. The van der Waals surface area contributed by atoms with Crippen LogP contribution in [-0.4, -0.2) is 37.7 Å². The summed E-state index contributed by atoms with van der Waals surface area (Å²) >= 11 is 1.42. The van der Waals surface area contributed by atoms with E-state index in [9.17, 15) is 13.2 Å². The van der Waals surface area contributed by atoms with Gasteiger partial charge in [0.05, 0.1) is 15.1 Å². The number of nitrogens with one attached hydrogen (secondary N) is 1. The maximum Gasteiger partial charge on any atom is 0.257 e. The second-order valence-electron chi connectivity index (χ2n) is 5.94. The van der Waals surface area contributed by atoms with Crippen LogP contribution in [0.1, 0.15) is 22.8 Å². The number of rotatable bonds is 5. The third-order valence-electron chi connectivity index (χ3n) is 3.98. The Kier molecular flexibility index (Phi) is 5.08. The summed E-state index contributed by atoms with van der Waals surface area (Å²) in [5, 5.41) is 3.29. The van der Waals surface area contributed by atoms with E-state index in [0.29, 0.717) is 10.7 Å². The first-order chi connectivity index (χ1) is 12.3. The Bertz CT molecular complexity index is 1050. The van der Waals surface area contributed by atoms with E-state index in [0.717, 1.165) is 20.9 Å². The molecule has 0 aliphatic carbocycles. The fourth-order valence-corrected chi connectivity index (χ4v) is 4.23. The average molecular weight is 390 g/mol. The van der Waals surface area contributed by atoms with E-state index in [1.54, 1.807) is 0 Å². The van der Waals surface area contributed by atoms with Gasteiger partial charge in [0, 0.05) is 19.7 Å². The van der Waals surface area contributed by atoms with E-state index in [-0.39, 0.29) is 10.8 Å². The topological polar surface area (TPSA) is 79.4 Å². The Morgan fingerprint density at radius 3 is 2.46 bits per heavy atom. The summed E-state index contributed by atoms with van der Waals surface area (Å²) in [7, 11) is -0.580. The average Bonchev–Trinajstić information content (AvgIpc) is 3.02. The first-order valence-electron chi connectivity index (χ1n) is 8.04. The van der Waals surface area contributed by atoms with E-state index in [4.69, 9.17) is 0 Å². The molecule has 0 saturated heterocycles. The van der Waals surface area contributed by atoms with Gasteiger partial charge in [0.15, 0.2) is 5.13 Å². The van der Waals surface area contributed by atoms with Crippen molar-refractivity contribution < 1.29 is 13.2 Å². The molecule has 1 aromatic heterocycles. The van der Waals surface area contributed by atoms with Gasteiger partial charge in [-0.3, -0.25) is 10.1 Å². The van der Waals surface area contributed by atoms with Crippen LogP contribution in [0, 0.1) is 0 Å². The first-order valence-corrected chi connectivity index (χ1v) is 10.3. The summed E-state index contributed by atoms with van der Waals surface area (Å²) in [6.07, 6.45) is 0.942. The minimum absolute atomic E-state index is 0.145. The lowest BCUT2D eigenvalue weighted by Gasteiger charge is -2.11. The third kappa shape index (κ3) is 3.62. The highest BCUT2D eigenvalue weighted by Crippen LogP contribution is 2.27. The summed E-state index contributed by atoms with van der Waals surface area (Å²) in [5.41, 5.74) is 2.43. The number of hydrogen-bond donors (Lipinski definition) is 1.